The van der Waals surface area contributed by atoms with Crippen LogP contribution in [0.15, 0.2) is 0 Å². The number of amides is 1. The van der Waals surface area contributed by atoms with Crippen LogP contribution in [-0.4, -0.2) is 18.0 Å². The van der Waals surface area contributed by atoms with Gasteiger partial charge >= 0.3 is 0 Å². The average Bonchev–Trinajstić information content (AvgIpc) is 2.39. The molecule has 0 aromatic rings. The van der Waals surface area contributed by atoms with E-state index in [4.69, 9.17) is 5.73 Å². The van der Waals surface area contributed by atoms with Crippen molar-refractivity contribution in [2.24, 2.45) is 5.73 Å². The summed E-state index contributed by atoms with van der Waals surface area (Å²) in [5, 5.41) is 2.91. The van der Waals surface area contributed by atoms with Crippen LogP contribution in [0.5, 0.6) is 0 Å². The van der Waals surface area contributed by atoms with Crippen LogP contribution in [-0.2, 0) is 4.79 Å². The minimum Gasteiger partial charge on any atom is -0.352 e. The Kier molecular flexibility index (Phi) is 2.88. The van der Waals surface area contributed by atoms with E-state index in [-0.39, 0.29) is 11.9 Å². The van der Waals surface area contributed by atoms with Crippen molar-refractivity contribution in [1.82, 2.24) is 5.32 Å². The van der Waals surface area contributed by atoms with Gasteiger partial charge in [0.15, 0.2) is 0 Å². The molecule has 0 aromatic carbocycles. The molecule has 1 saturated carbocycles. The van der Waals surface area contributed by atoms with Crippen molar-refractivity contribution in [3.63, 3.8) is 0 Å². The molecule has 1 rings (SSSR count). The highest BCUT2D eigenvalue weighted by atomic mass is 16.2. The van der Waals surface area contributed by atoms with Crippen LogP contribution in [0.3, 0.4) is 0 Å². The van der Waals surface area contributed by atoms with Crippen LogP contribution in [0.25, 0.3) is 0 Å². The maximum atomic E-state index is 11.1. The third kappa shape index (κ3) is 2.50. The summed E-state index contributed by atoms with van der Waals surface area (Å²) >= 11 is 0. The molecule has 1 amide bonds. The zero-order valence-electron chi connectivity index (χ0n) is 6.97. The lowest BCUT2D eigenvalue weighted by atomic mass is 10.2. The Morgan fingerprint density at radius 1 is 1.55 bits per heavy atom. The van der Waals surface area contributed by atoms with E-state index in [0.717, 1.165) is 12.8 Å². The van der Waals surface area contributed by atoms with Gasteiger partial charge in [0.1, 0.15) is 0 Å². The van der Waals surface area contributed by atoms with Crippen LogP contribution in [0.2, 0.25) is 0 Å². The van der Waals surface area contributed by atoms with Crippen LogP contribution in [0.1, 0.15) is 32.6 Å². The summed E-state index contributed by atoms with van der Waals surface area (Å²) in [4.78, 5) is 11.1. The van der Waals surface area contributed by atoms with E-state index in [1.807, 2.05) is 0 Å². The van der Waals surface area contributed by atoms with Gasteiger partial charge in [-0.15, -0.1) is 0 Å². The molecule has 0 aromatic heterocycles. The Morgan fingerprint density at radius 2 is 2.09 bits per heavy atom. The Morgan fingerprint density at radius 3 is 2.55 bits per heavy atom. The maximum absolute atomic E-state index is 11.1. The Bertz CT molecular complexity index is 139. The summed E-state index contributed by atoms with van der Waals surface area (Å²) in [5.74, 6) is -0.0168. The molecule has 1 aliphatic rings. The molecule has 0 radical (unpaired) electrons. The summed E-state index contributed by atoms with van der Waals surface area (Å²) < 4.78 is 0. The molecule has 3 N–H and O–H groups in total. The van der Waals surface area contributed by atoms with Gasteiger partial charge in [-0.05, 0) is 19.8 Å². The second kappa shape index (κ2) is 3.72. The van der Waals surface area contributed by atoms with Crippen molar-refractivity contribution >= 4 is 5.91 Å². The van der Waals surface area contributed by atoms with Gasteiger partial charge in [-0.3, -0.25) is 4.79 Å². The number of hydrogen-bond donors (Lipinski definition) is 2. The summed E-state index contributed by atoms with van der Waals surface area (Å²) in [6.07, 6.45) is 4.73. The Balaban J connectivity index is 2.24. The predicted molar refractivity (Wildman–Crippen MR) is 44.0 cm³/mol. The minimum absolute atomic E-state index is 0.0168. The van der Waals surface area contributed by atoms with E-state index in [1.165, 1.54) is 12.8 Å². The quantitative estimate of drug-likeness (QED) is 0.607. The van der Waals surface area contributed by atoms with Crippen molar-refractivity contribution < 1.29 is 4.79 Å². The van der Waals surface area contributed by atoms with E-state index in [0.29, 0.717) is 6.04 Å². The number of hydrogen-bond acceptors (Lipinski definition) is 2. The lowest BCUT2D eigenvalue weighted by Gasteiger charge is -2.13. The molecular formula is C8H16N2O. The molecule has 0 heterocycles. The van der Waals surface area contributed by atoms with Crippen LogP contribution < -0.4 is 11.1 Å². The second-order valence-electron chi connectivity index (χ2n) is 3.28. The maximum Gasteiger partial charge on any atom is 0.236 e. The molecule has 0 aliphatic heterocycles. The van der Waals surface area contributed by atoms with Gasteiger partial charge in [0.25, 0.3) is 0 Å². The van der Waals surface area contributed by atoms with Crippen LogP contribution in [0, 0.1) is 0 Å². The fourth-order valence-corrected chi connectivity index (χ4v) is 1.40. The van der Waals surface area contributed by atoms with Crippen molar-refractivity contribution in [2.45, 2.75) is 44.7 Å². The molecule has 1 atom stereocenters. The number of carbonyl (C=O) groups is 1. The normalized spacial score (nSPS) is 21.6. The average molecular weight is 156 g/mol. The van der Waals surface area contributed by atoms with Crippen molar-refractivity contribution in [1.29, 1.82) is 0 Å². The van der Waals surface area contributed by atoms with Crippen LogP contribution in [0.4, 0.5) is 0 Å². The van der Waals surface area contributed by atoms with E-state index in [9.17, 15) is 4.79 Å². The highest BCUT2D eigenvalue weighted by Gasteiger charge is 2.18. The SMILES string of the molecule is C[C@@H](N)C(=O)NC1CCCC1. The lowest BCUT2D eigenvalue weighted by molar-refractivity contribution is -0.122. The van der Waals surface area contributed by atoms with Crippen molar-refractivity contribution in [2.75, 3.05) is 0 Å². The first kappa shape index (κ1) is 8.53. The highest BCUT2D eigenvalue weighted by molar-refractivity contribution is 5.81. The first-order valence-corrected chi connectivity index (χ1v) is 4.26. The zero-order valence-corrected chi connectivity index (χ0v) is 6.97. The monoisotopic (exact) mass is 156 g/mol. The topological polar surface area (TPSA) is 55.1 Å². The third-order valence-corrected chi connectivity index (χ3v) is 2.12. The van der Waals surface area contributed by atoms with E-state index in [2.05, 4.69) is 5.32 Å². The van der Waals surface area contributed by atoms with Crippen molar-refractivity contribution in [3.8, 4) is 0 Å². The fourth-order valence-electron chi connectivity index (χ4n) is 1.40. The van der Waals surface area contributed by atoms with E-state index < -0.39 is 0 Å². The summed E-state index contributed by atoms with van der Waals surface area (Å²) in [5.41, 5.74) is 5.40. The molecule has 3 heteroatoms. The summed E-state index contributed by atoms with van der Waals surface area (Å²) in [6.45, 7) is 1.71. The van der Waals surface area contributed by atoms with Crippen molar-refractivity contribution in [3.05, 3.63) is 0 Å². The van der Waals surface area contributed by atoms with Crippen LogP contribution >= 0.6 is 0 Å². The number of carbonyl (C=O) groups excluding carboxylic acids is 1. The second-order valence-corrected chi connectivity index (χ2v) is 3.28. The zero-order chi connectivity index (χ0) is 8.27. The first-order valence-electron chi connectivity index (χ1n) is 4.26. The predicted octanol–water partition coefficient (Wildman–Crippen LogP) is 0.392. The Labute approximate surface area is 67.3 Å². The first-order chi connectivity index (χ1) is 5.20. The minimum atomic E-state index is -0.365. The molecule has 3 nitrogen and oxygen atoms in total. The molecule has 11 heavy (non-hydrogen) atoms. The number of rotatable bonds is 2. The molecule has 64 valence electrons. The molecular weight excluding hydrogens is 140 g/mol. The van der Waals surface area contributed by atoms with Gasteiger partial charge in [-0.25, -0.2) is 0 Å². The standard InChI is InChI=1S/C8H16N2O/c1-6(9)8(11)10-7-4-2-3-5-7/h6-7H,2-5,9H2,1H3,(H,10,11)/t6-/m1/s1. The van der Waals surface area contributed by atoms with Gasteiger partial charge in [-0.2, -0.15) is 0 Å². The van der Waals surface area contributed by atoms with Gasteiger partial charge < -0.3 is 11.1 Å². The molecule has 0 saturated heterocycles. The molecule has 0 unspecified atom stereocenters. The molecule has 0 bridgehead atoms. The van der Waals surface area contributed by atoms with Gasteiger partial charge in [-0.1, -0.05) is 12.8 Å². The largest absolute Gasteiger partial charge is 0.352 e. The number of nitrogens with two attached hydrogens (primary N) is 1. The third-order valence-electron chi connectivity index (χ3n) is 2.12. The van der Waals surface area contributed by atoms with E-state index >= 15 is 0 Å². The summed E-state index contributed by atoms with van der Waals surface area (Å²) in [6, 6.07) is 0.0316. The Hall–Kier alpha value is -0.570. The van der Waals surface area contributed by atoms with Gasteiger partial charge in [0, 0.05) is 6.04 Å². The summed E-state index contributed by atoms with van der Waals surface area (Å²) in [7, 11) is 0. The molecule has 1 fully saturated rings. The number of nitrogens with one attached hydrogen (secondary N) is 1. The smallest absolute Gasteiger partial charge is 0.236 e. The van der Waals surface area contributed by atoms with Gasteiger partial charge in [0.05, 0.1) is 6.04 Å². The molecule has 1 aliphatic carbocycles. The van der Waals surface area contributed by atoms with Gasteiger partial charge in [0.2, 0.25) is 5.91 Å². The highest BCUT2D eigenvalue weighted by Crippen LogP contribution is 2.17. The van der Waals surface area contributed by atoms with E-state index in [1.54, 1.807) is 6.92 Å². The fraction of sp³-hybridized carbons (Fsp3) is 0.875. The lowest BCUT2D eigenvalue weighted by Crippen LogP contribution is -2.42. The molecule has 0 spiro atoms.